The molecule has 0 radical (unpaired) electrons. The molecule has 0 aliphatic carbocycles. The maximum atomic E-state index is 13.7. The fourth-order valence-electron chi connectivity index (χ4n) is 3.78. The number of hydrogen-bond donors (Lipinski definition) is 1. The molecule has 4 rings (SSSR count). The zero-order valence-electron chi connectivity index (χ0n) is 17.3. The van der Waals surface area contributed by atoms with E-state index < -0.39 is 11.7 Å². The first kappa shape index (κ1) is 21.5. The summed E-state index contributed by atoms with van der Waals surface area (Å²) in [4.78, 5) is 21.1. The Bertz CT molecular complexity index is 927. The van der Waals surface area contributed by atoms with Crippen molar-refractivity contribution in [1.29, 1.82) is 0 Å². The molecule has 2 fully saturated rings. The maximum Gasteiger partial charge on any atom is 0.417 e. The van der Waals surface area contributed by atoms with Crippen LogP contribution in [-0.2, 0) is 15.7 Å². The Morgan fingerprint density at radius 1 is 1.00 bits per heavy atom. The lowest BCUT2D eigenvalue weighted by Crippen LogP contribution is -2.50. The van der Waals surface area contributed by atoms with Gasteiger partial charge in [-0.15, -0.1) is 0 Å². The zero-order chi connectivity index (χ0) is 22.2. The van der Waals surface area contributed by atoms with Gasteiger partial charge in [0.1, 0.15) is 5.82 Å². The molecule has 2 saturated heterocycles. The van der Waals surface area contributed by atoms with Gasteiger partial charge in [0.25, 0.3) is 0 Å². The first-order valence-corrected chi connectivity index (χ1v) is 10.0. The topological polar surface area (TPSA) is 103 Å². The highest BCUT2D eigenvalue weighted by molar-refractivity contribution is 5.64. The molecule has 4 heterocycles. The summed E-state index contributed by atoms with van der Waals surface area (Å²) in [6.07, 6.45) is -3.58. The van der Waals surface area contributed by atoms with E-state index in [0.29, 0.717) is 51.4 Å². The van der Waals surface area contributed by atoms with Gasteiger partial charge >= 0.3 is 6.18 Å². The second-order valence-electron chi connectivity index (χ2n) is 7.65. The second kappa shape index (κ2) is 8.42. The number of anilines is 3. The molecule has 2 aromatic heterocycles. The van der Waals surface area contributed by atoms with Crippen molar-refractivity contribution in [2.24, 2.45) is 0 Å². The van der Waals surface area contributed by atoms with Crippen LogP contribution < -0.4 is 15.5 Å². The van der Waals surface area contributed by atoms with Crippen LogP contribution in [0.5, 0.6) is 0 Å². The number of nitrogen functional groups attached to an aromatic ring is 1. The van der Waals surface area contributed by atoms with Crippen LogP contribution in [0.25, 0.3) is 11.4 Å². The minimum Gasteiger partial charge on any atom is -0.384 e. The lowest BCUT2D eigenvalue weighted by molar-refractivity contribution is -0.137. The lowest BCUT2D eigenvalue weighted by Gasteiger charge is -2.39. The van der Waals surface area contributed by atoms with Crippen LogP contribution in [0.3, 0.4) is 0 Å². The van der Waals surface area contributed by atoms with Gasteiger partial charge in [-0.3, -0.25) is 0 Å². The van der Waals surface area contributed by atoms with Gasteiger partial charge in [0.2, 0.25) is 11.9 Å². The van der Waals surface area contributed by atoms with E-state index in [2.05, 4.69) is 19.9 Å². The Kier molecular flexibility index (Phi) is 5.84. The van der Waals surface area contributed by atoms with Crippen molar-refractivity contribution in [2.75, 3.05) is 55.1 Å². The largest absolute Gasteiger partial charge is 0.417 e. The van der Waals surface area contributed by atoms with Crippen LogP contribution in [-0.4, -0.2) is 71.5 Å². The Balaban J connectivity index is 1.86. The highest BCUT2D eigenvalue weighted by Gasteiger charge is 2.36. The number of pyridine rings is 1. The zero-order valence-corrected chi connectivity index (χ0v) is 17.3. The van der Waals surface area contributed by atoms with Crippen molar-refractivity contribution in [3.05, 3.63) is 17.8 Å². The standard InChI is InChI=1S/C19H24F3N7O2/c1-11-9-31-10-12(2)29(11)18-26-16(25-17(27-18)28-3-5-30-6-4-28)13-8-24-15(23)7-14(13)19(20,21)22/h7-8,11-12H,3-6,9-10H2,1-2H3,(H2,23,24)/t11-,12-/m0/s1. The molecule has 2 aliphatic rings. The first-order chi connectivity index (χ1) is 14.7. The van der Waals surface area contributed by atoms with Gasteiger partial charge in [-0.1, -0.05) is 0 Å². The predicted octanol–water partition coefficient (Wildman–Crippen LogP) is 1.98. The second-order valence-corrected chi connectivity index (χ2v) is 7.65. The molecule has 2 atom stereocenters. The summed E-state index contributed by atoms with van der Waals surface area (Å²) < 4.78 is 52.2. The number of hydrogen-bond acceptors (Lipinski definition) is 9. The third-order valence-electron chi connectivity index (χ3n) is 5.28. The summed E-state index contributed by atoms with van der Waals surface area (Å²) in [5.74, 6) is 0.283. The Morgan fingerprint density at radius 3 is 2.29 bits per heavy atom. The van der Waals surface area contributed by atoms with E-state index in [9.17, 15) is 13.2 Å². The molecule has 2 aliphatic heterocycles. The van der Waals surface area contributed by atoms with Crippen molar-refractivity contribution in [1.82, 2.24) is 19.9 Å². The van der Waals surface area contributed by atoms with Crippen molar-refractivity contribution < 1.29 is 22.6 Å². The number of nitrogens with zero attached hydrogens (tertiary/aromatic N) is 6. The lowest BCUT2D eigenvalue weighted by atomic mass is 10.1. The molecule has 0 unspecified atom stereocenters. The number of nitrogens with two attached hydrogens (primary N) is 1. The molecule has 12 heteroatoms. The average Bonchev–Trinajstić information content (AvgIpc) is 2.73. The van der Waals surface area contributed by atoms with E-state index >= 15 is 0 Å². The fraction of sp³-hybridized carbons (Fsp3) is 0.579. The van der Waals surface area contributed by atoms with E-state index in [-0.39, 0.29) is 29.3 Å². The summed E-state index contributed by atoms with van der Waals surface area (Å²) in [5, 5.41) is 0. The molecule has 0 spiro atoms. The van der Waals surface area contributed by atoms with Gasteiger partial charge in [-0.25, -0.2) is 4.98 Å². The average molecular weight is 439 g/mol. The van der Waals surface area contributed by atoms with Gasteiger partial charge in [-0.05, 0) is 19.9 Å². The first-order valence-electron chi connectivity index (χ1n) is 10.0. The normalized spacial score (nSPS) is 22.6. The predicted molar refractivity (Wildman–Crippen MR) is 108 cm³/mol. The molecule has 0 aromatic carbocycles. The highest BCUT2D eigenvalue weighted by Crippen LogP contribution is 2.37. The van der Waals surface area contributed by atoms with Gasteiger partial charge in [0, 0.05) is 19.3 Å². The summed E-state index contributed by atoms with van der Waals surface area (Å²) in [7, 11) is 0. The molecule has 2 aromatic rings. The molecule has 31 heavy (non-hydrogen) atoms. The van der Waals surface area contributed by atoms with Crippen LogP contribution in [0.2, 0.25) is 0 Å². The quantitative estimate of drug-likeness (QED) is 0.769. The number of alkyl halides is 3. The maximum absolute atomic E-state index is 13.7. The minimum atomic E-state index is -4.64. The SMILES string of the molecule is C[C@H]1COC[C@H](C)N1c1nc(-c2cnc(N)cc2C(F)(F)F)nc(N2CCOCC2)n1. The van der Waals surface area contributed by atoms with Gasteiger partial charge in [0.05, 0.1) is 49.6 Å². The third kappa shape index (κ3) is 4.49. The van der Waals surface area contributed by atoms with E-state index in [1.165, 1.54) is 0 Å². The van der Waals surface area contributed by atoms with E-state index in [1.54, 1.807) is 0 Å². The summed E-state index contributed by atoms with van der Waals surface area (Å²) in [5.41, 5.74) is 4.34. The number of morpholine rings is 2. The summed E-state index contributed by atoms with van der Waals surface area (Å²) >= 11 is 0. The van der Waals surface area contributed by atoms with Gasteiger partial charge < -0.3 is 25.0 Å². The van der Waals surface area contributed by atoms with Crippen LogP contribution in [0.15, 0.2) is 12.3 Å². The van der Waals surface area contributed by atoms with Crippen LogP contribution in [0, 0.1) is 0 Å². The Hall–Kier alpha value is -2.73. The summed E-state index contributed by atoms with van der Waals surface area (Å²) in [6, 6.07) is 0.694. The van der Waals surface area contributed by atoms with Crippen molar-refractivity contribution in [3.63, 3.8) is 0 Å². The Labute approximate surface area is 177 Å². The smallest absolute Gasteiger partial charge is 0.384 e. The van der Waals surface area contributed by atoms with Gasteiger partial charge in [-0.2, -0.15) is 28.1 Å². The molecular formula is C19H24F3N7O2. The number of aromatic nitrogens is 4. The summed E-state index contributed by atoms with van der Waals surface area (Å²) in [6.45, 7) is 6.88. The van der Waals surface area contributed by atoms with Crippen molar-refractivity contribution in [2.45, 2.75) is 32.1 Å². The molecular weight excluding hydrogens is 415 g/mol. The third-order valence-corrected chi connectivity index (χ3v) is 5.28. The van der Waals surface area contributed by atoms with E-state index in [1.807, 2.05) is 23.6 Å². The number of ether oxygens (including phenoxy) is 2. The Morgan fingerprint density at radius 2 is 1.65 bits per heavy atom. The molecule has 0 saturated carbocycles. The van der Waals surface area contributed by atoms with Crippen molar-refractivity contribution >= 4 is 17.7 Å². The molecule has 0 amide bonds. The van der Waals surface area contributed by atoms with E-state index in [0.717, 1.165) is 12.3 Å². The van der Waals surface area contributed by atoms with Gasteiger partial charge in [0.15, 0.2) is 5.82 Å². The molecule has 2 N–H and O–H groups in total. The monoisotopic (exact) mass is 439 g/mol. The number of rotatable bonds is 3. The molecule has 168 valence electrons. The van der Waals surface area contributed by atoms with E-state index in [4.69, 9.17) is 15.2 Å². The van der Waals surface area contributed by atoms with Crippen LogP contribution >= 0.6 is 0 Å². The number of halogens is 3. The van der Waals surface area contributed by atoms with Crippen LogP contribution in [0.1, 0.15) is 19.4 Å². The molecule has 9 nitrogen and oxygen atoms in total. The van der Waals surface area contributed by atoms with Crippen molar-refractivity contribution in [3.8, 4) is 11.4 Å². The minimum absolute atomic E-state index is 0.0526. The highest BCUT2D eigenvalue weighted by atomic mass is 19.4. The molecule has 0 bridgehead atoms. The fourth-order valence-corrected chi connectivity index (χ4v) is 3.78. The van der Waals surface area contributed by atoms with Crippen LogP contribution in [0.4, 0.5) is 30.9 Å².